The molecule has 1 heterocycles. The minimum atomic E-state index is -4.02. The maximum absolute atomic E-state index is 12.6. The SMILES string of the molecule is COc1ccc(S(=O)(=O)N2CCC[C@H]2C(=O)O)cc1C(N)=O. The monoisotopic (exact) mass is 328 g/mol. The Kier molecular flexibility index (Phi) is 4.38. The van der Waals surface area contributed by atoms with E-state index in [1.54, 1.807) is 0 Å². The molecule has 22 heavy (non-hydrogen) atoms. The summed E-state index contributed by atoms with van der Waals surface area (Å²) in [6, 6.07) is 2.59. The molecule has 3 N–H and O–H groups in total. The Morgan fingerprint density at radius 2 is 2.09 bits per heavy atom. The molecular weight excluding hydrogens is 312 g/mol. The third-order valence-electron chi connectivity index (χ3n) is 3.53. The number of carboxylic acids is 1. The van der Waals surface area contributed by atoms with Crippen molar-refractivity contribution in [1.29, 1.82) is 0 Å². The van der Waals surface area contributed by atoms with Gasteiger partial charge >= 0.3 is 5.97 Å². The van der Waals surface area contributed by atoms with Crippen LogP contribution in [0.25, 0.3) is 0 Å². The zero-order valence-corrected chi connectivity index (χ0v) is 12.7. The molecule has 0 saturated carbocycles. The van der Waals surface area contributed by atoms with Crippen LogP contribution in [0.1, 0.15) is 23.2 Å². The Labute approximate surface area is 127 Å². The number of hydrogen-bond donors (Lipinski definition) is 2. The minimum Gasteiger partial charge on any atom is -0.496 e. The predicted octanol–water partition coefficient (Wildman–Crippen LogP) is 0.0318. The van der Waals surface area contributed by atoms with Crippen LogP contribution in [0.3, 0.4) is 0 Å². The van der Waals surface area contributed by atoms with Crippen LogP contribution in [0.15, 0.2) is 23.1 Å². The van der Waals surface area contributed by atoms with E-state index in [4.69, 9.17) is 15.6 Å². The lowest BCUT2D eigenvalue weighted by atomic mass is 10.2. The lowest BCUT2D eigenvalue weighted by Crippen LogP contribution is -2.40. The van der Waals surface area contributed by atoms with E-state index in [0.717, 1.165) is 10.4 Å². The number of benzene rings is 1. The molecule has 0 radical (unpaired) electrons. The first-order chi connectivity index (χ1) is 10.3. The third kappa shape index (κ3) is 2.77. The van der Waals surface area contributed by atoms with Gasteiger partial charge in [-0.2, -0.15) is 4.31 Å². The molecule has 1 aliphatic rings. The Bertz CT molecular complexity index is 715. The topological polar surface area (TPSA) is 127 Å². The highest BCUT2D eigenvalue weighted by Crippen LogP contribution is 2.29. The van der Waals surface area contributed by atoms with Gasteiger partial charge in [0.25, 0.3) is 5.91 Å². The molecule has 0 spiro atoms. The smallest absolute Gasteiger partial charge is 0.322 e. The van der Waals surface area contributed by atoms with Crippen molar-refractivity contribution >= 4 is 21.9 Å². The lowest BCUT2D eigenvalue weighted by Gasteiger charge is -2.21. The van der Waals surface area contributed by atoms with Gasteiger partial charge < -0.3 is 15.6 Å². The molecule has 8 nitrogen and oxygen atoms in total. The van der Waals surface area contributed by atoms with E-state index < -0.39 is 27.9 Å². The van der Waals surface area contributed by atoms with Crippen molar-refractivity contribution in [1.82, 2.24) is 4.31 Å². The summed E-state index contributed by atoms with van der Waals surface area (Å²) in [6.07, 6.45) is 0.725. The number of sulfonamides is 1. The van der Waals surface area contributed by atoms with Crippen molar-refractivity contribution in [2.24, 2.45) is 5.73 Å². The molecule has 0 aliphatic carbocycles. The van der Waals surface area contributed by atoms with Crippen molar-refractivity contribution in [3.63, 3.8) is 0 Å². The summed E-state index contributed by atoms with van der Waals surface area (Å²) in [5.74, 6) is -1.86. The average molecular weight is 328 g/mol. The normalized spacial score (nSPS) is 19.0. The molecule has 1 aliphatic heterocycles. The fourth-order valence-corrected chi connectivity index (χ4v) is 4.13. The first-order valence-corrected chi connectivity index (χ1v) is 7.95. The molecule has 120 valence electrons. The van der Waals surface area contributed by atoms with Gasteiger partial charge in [0.1, 0.15) is 11.8 Å². The summed E-state index contributed by atoms with van der Waals surface area (Å²) in [6.45, 7) is 0.122. The molecule has 9 heteroatoms. The number of aliphatic carboxylic acids is 1. The zero-order valence-electron chi connectivity index (χ0n) is 11.9. The van der Waals surface area contributed by atoms with Crippen LogP contribution < -0.4 is 10.5 Å². The van der Waals surface area contributed by atoms with Crippen molar-refractivity contribution < 1.29 is 27.9 Å². The van der Waals surface area contributed by atoms with E-state index in [1.807, 2.05) is 0 Å². The largest absolute Gasteiger partial charge is 0.496 e. The van der Waals surface area contributed by atoms with E-state index >= 15 is 0 Å². The van der Waals surface area contributed by atoms with Gasteiger partial charge in [-0.3, -0.25) is 9.59 Å². The number of ether oxygens (including phenoxy) is 1. The Morgan fingerprint density at radius 1 is 1.41 bits per heavy atom. The summed E-state index contributed by atoms with van der Waals surface area (Å²) >= 11 is 0. The van der Waals surface area contributed by atoms with E-state index in [9.17, 15) is 18.0 Å². The van der Waals surface area contributed by atoms with Gasteiger partial charge in [0.05, 0.1) is 17.6 Å². The van der Waals surface area contributed by atoms with Crippen LogP contribution in [0.2, 0.25) is 0 Å². The molecule has 0 aromatic heterocycles. The molecule has 0 unspecified atom stereocenters. The molecule has 1 aromatic rings. The van der Waals surface area contributed by atoms with E-state index in [-0.39, 0.29) is 29.2 Å². The van der Waals surface area contributed by atoms with Gasteiger partial charge in [0.2, 0.25) is 10.0 Å². The molecule has 0 bridgehead atoms. The molecule has 1 aromatic carbocycles. The summed E-state index contributed by atoms with van der Waals surface area (Å²) < 4.78 is 31.1. The standard InChI is InChI=1S/C13H16N2O6S/c1-21-11-5-4-8(7-9(11)12(14)16)22(19,20)15-6-2-3-10(15)13(17)18/h4-5,7,10H,2-3,6H2,1H3,(H2,14,16)(H,17,18)/t10-/m0/s1. The summed E-state index contributed by atoms with van der Waals surface area (Å²) in [4.78, 5) is 22.4. The molecule has 1 saturated heterocycles. The average Bonchev–Trinajstić information content (AvgIpc) is 2.96. The van der Waals surface area contributed by atoms with Crippen LogP contribution in [0, 0.1) is 0 Å². The van der Waals surface area contributed by atoms with E-state index in [1.165, 1.54) is 19.2 Å². The summed E-state index contributed by atoms with van der Waals surface area (Å²) in [5.41, 5.74) is 5.14. The van der Waals surface area contributed by atoms with Crippen molar-refractivity contribution in [3.8, 4) is 5.75 Å². The van der Waals surface area contributed by atoms with Crippen molar-refractivity contribution in [2.75, 3.05) is 13.7 Å². The highest BCUT2D eigenvalue weighted by molar-refractivity contribution is 7.89. The number of primary amides is 1. The quantitative estimate of drug-likeness (QED) is 0.785. The number of carbonyl (C=O) groups is 2. The van der Waals surface area contributed by atoms with Gasteiger partial charge in [0, 0.05) is 6.54 Å². The van der Waals surface area contributed by atoms with Crippen molar-refractivity contribution in [3.05, 3.63) is 23.8 Å². The Balaban J connectivity index is 2.48. The van der Waals surface area contributed by atoms with Crippen LogP contribution in [-0.4, -0.2) is 49.4 Å². The van der Waals surface area contributed by atoms with Crippen LogP contribution >= 0.6 is 0 Å². The maximum Gasteiger partial charge on any atom is 0.322 e. The van der Waals surface area contributed by atoms with Gasteiger partial charge in [-0.15, -0.1) is 0 Å². The van der Waals surface area contributed by atoms with Crippen LogP contribution in [0.5, 0.6) is 5.75 Å². The van der Waals surface area contributed by atoms with Crippen molar-refractivity contribution in [2.45, 2.75) is 23.8 Å². The molecule has 2 rings (SSSR count). The van der Waals surface area contributed by atoms with E-state index in [0.29, 0.717) is 6.42 Å². The Hall–Kier alpha value is -2.13. The minimum absolute atomic E-state index is 0.0744. The summed E-state index contributed by atoms with van der Waals surface area (Å²) in [5, 5.41) is 9.12. The summed E-state index contributed by atoms with van der Waals surface area (Å²) in [7, 11) is -2.69. The fourth-order valence-electron chi connectivity index (χ4n) is 2.45. The number of carboxylic acid groups (broad SMARTS) is 1. The number of carbonyl (C=O) groups excluding carboxylic acids is 1. The number of nitrogens with two attached hydrogens (primary N) is 1. The highest BCUT2D eigenvalue weighted by Gasteiger charge is 2.39. The molecule has 1 amide bonds. The van der Waals surface area contributed by atoms with Gasteiger partial charge in [-0.05, 0) is 31.0 Å². The molecule has 1 atom stereocenters. The fraction of sp³-hybridized carbons (Fsp3) is 0.385. The van der Waals surface area contributed by atoms with Gasteiger partial charge in [-0.25, -0.2) is 8.42 Å². The molecule has 1 fully saturated rings. The maximum atomic E-state index is 12.6. The number of methoxy groups -OCH3 is 1. The second-order valence-electron chi connectivity index (χ2n) is 4.84. The lowest BCUT2D eigenvalue weighted by molar-refractivity contribution is -0.140. The van der Waals surface area contributed by atoms with Crippen LogP contribution in [0.4, 0.5) is 0 Å². The predicted molar refractivity (Wildman–Crippen MR) is 76.1 cm³/mol. The number of amides is 1. The Morgan fingerprint density at radius 3 is 2.64 bits per heavy atom. The molecular formula is C13H16N2O6S. The second kappa shape index (κ2) is 5.93. The second-order valence-corrected chi connectivity index (χ2v) is 6.73. The zero-order chi connectivity index (χ0) is 16.5. The van der Waals surface area contributed by atoms with Gasteiger partial charge in [-0.1, -0.05) is 0 Å². The number of rotatable bonds is 5. The van der Waals surface area contributed by atoms with Gasteiger partial charge in [0.15, 0.2) is 0 Å². The van der Waals surface area contributed by atoms with E-state index in [2.05, 4.69) is 0 Å². The van der Waals surface area contributed by atoms with Crippen LogP contribution in [-0.2, 0) is 14.8 Å². The first kappa shape index (κ1) is 16.2. The highest BCUT2D eigenvalue weighted by atomic mass is 32.2. The third-order valence-corrected chi connectivity index (χ3v) is 5.44. The first-order valence-electron chi connectivity index (χ1n) is 6.51. The number of hydrogen-bond acceptors (Lipinski definition) is 5. The number of nitrogens with zero attached hydrogens (tertiary/aromatic N) is 1.